The Bertz CT molecular complexity index is 1230. The molecule has 3 N–H and O–H groups in total. The van der Waals surface area contributed by atoms with E-state index in [9.17, 15) is 18.0 Å². The summed E-state index contributed by atoms with van der Waals surface area (Å²) < 4.78 is 27.8. The topological polar surface area (TPSA) is 116 Å². The van der Waals surface area contributed by atoms with Crippen LogP contribution >= 0.6 is 0 Å². The van der Waals surface area contributed by atoms with E-state index in [4.69, 9.17) is 10.5 Å². The summed E-state index contributed by atoms with van der Waals surface area (Å²) in [6.45, 7) is 0. The highest BCUT2D eigenvalue weighted by Crippen LogP contribution is 2.32. The zero-order valence-corrected chi connectivity index (χ0v) is 18.1. The molecule has 1 atom stereocenters. The van der Waals surface area contributed by atoms with Crippen molar-refractivity contribution in [3.8, 4) is 11.1 Å². The number of hydrogen-bond acceptors (Lipinski definition) is 6. The summed E-state index contributed by atoms with van der Waals surface area (Å²) in [5, 5.41) is 4.57. The fourth-order valence-corrected chi connectivity index (χ4v) is 4.07. The van der Waals surface area contributed by atoms with Crippen LogP contribution in [0.2, 0.25) is 0 Å². The molecule has 0 saturated carbocycles. The van der Waals surface area contributed by atoms with Gasteiger partial charge in [-0.15, -0.1) is 0 Å². The number of nitrogens with two attached hydrogens (primary N) is 1. The lowest BCUT2D eigenvalue weighted by molar-refractivity contribution is -0.142. The molecular formula is C23H24N2O5S. The Morgan fingerprint density at radius 1 is 1.03 bits per heavy atom. The summed E-state index contributed by atoms with van der Waals surface area (Å²) in [6.07, 6.45) is 0.984. The number of hydrogen-bond donors (Lipinski definition) is 2. The van der Waals surface area contributed by atoms with E-state index in [0.29, 0.717) is 16.8 Å². The van der Waals surface area contributed by atoms with Crippen LogP contribution in [0.5, 0.6) is 0 Å². The summed E-state index contributed by atoms with van der Waals surface area (Å²) in [5.74, 6) is -1.49. The van der Waals surface area contributed by atoms with E-state index in [-0.39, 0.29) is 12.2 Å². The number of carbonyl (C=O) groups is 2. The van der Waals surface area contributed by atoms with Crippen LogP contribution < -0.4 is 11.1 Å². The van der Waals surface area contributed by atoms with Crippen LogP contribution in [0.4, 0.5) is 5.69 Å². The van der Waals surface area contributed by atoms with Gasteiger partial charge in [0, 0.05) is 17.5 Å². The Kier molecular flexibility index (Phi) is 6.60. The third-order valence-electron chi connectivity index (χ3n) is 4.94. The van der Waals surface area contributed by atoms with E-state index >= 15 is 0 Å². The standard InChI is InChI=1S/C23H24N2O5S/c1-30-23(27)21(12-13-31(2,28)29)25-22(26)19-11-10-16(24)14-20(19)18-9-5-7-15-6-3-4-8-17(15)18/h3-11,14,21H,12-13,24H2,1-2H3,(H,25,26)/t21-/m0/s1. The predicted octanol–water partition coefficient (Wildman–Crippen LogP) is 2.80. The number of fused-ring (bicyclic) bond motifs is 1. The monoisotopic (exact) mass is 440 g/mol. The largest absolute Gasteiger partial charge is 0.467 e. The van der Waals surface area contributed by atoms with E-state index in [0.717, 1.165) is 22.6 Å². The van der Waals surface area contributed by atoms with Crippen molar-refractivity contribution in [2.24, 2.45) is 0 Å². The maximum absolute atomic E-state index is 13.1. The number of nitrogens with one attached hydrogen (secondary N) is 1. The number of nitrogen functional groups attached to an aromatic ring is 1. The summed E-state index contributed by atoms with van der Waals surface area (Å²) in [5.41, 5.74) is 8.24. The van der Waals surface area contributed by atoms with Crippen molar-refractivity contribution in [2.75, 3.05) is 24.9 Å². The van der Waals surface area contributed by atoms with E-state index < -0.39 is 27.8 Å². The van der Waals surface area contributed by atoms with Gasteiger partial charge in [-0.3, -0.25) is 4.79 Å². The van der Waals surface area contributed by atoms with Crippen LogP contribution in [0.1, 0.15) is 16.8 Å². The van der Waals surface area contributed by atoms with Gasteiger partial charge >= 0.3 is 5.97 Å². The normalized spacial score (nSPS) is 12.3. The summed E-state index contributed by atoms with van der Waals surface area (Å²) in [6, 6.07) is 17.4. The maximum atomic E-state index is 13.1. The molecule has 3 rings (SSSR count). The summed E-state index contributed by atoms with van der Waals surface area (Å²) >= 11 is 0. The first-order chi connectivity index (χ1) is 14.7. The molecule has 0 bridgehead atoms. The number of esters is 1. The highest BCUT2D eigenvalue weighted by Gasteiger charge is 2.25. The van der Waals surface area contributed by atoms with Gasteiger partial charge in [0.1, 0.15) is 15.9 Å². The number of methoxy groups -OCH3 is 1. The van der Waals surface area contributed by atoms with Gasteiger partial charge in [-0.05, 0) is 46.5 Å². The molecule has 162 valence electrons. The minimum atomic E-state index is -3.32. The number of carbonyl (C=O) groups excluding carboxylic acids is 2. The molecule has 0 aliphatic heterocycles. The summed E-state index contributed by atoms with van der Waals surface area (Å²) in [7, 11) is -2.13. The van der Waals surface area contributed by atoms with Gasteiger partial charge in [0.25, 0.3) is 5.91 Å². The van der Waals surface area contributed by atoms with E-state index in [1.165, 1.54) is 7.11 Å². The lowest BCUT2D eigenvalue weighted by Gasteiger charge is -2.18. The van der Waals surface area contributed by atoms with Gasteiger partial charge in [-0.2, -0.15) is 0 Å². The third-order valence-corrected chi connectivity index (χ3v) is 5.91. The fourth-order valence-electron chi connectivity index (χ4n) is 3.40. The molecule has 7 nitrogen and oxygen atoms in total. The fraction of sp³-hybridized carbons (Fsp3) is 0.217. The second kappa shape index (κ2) is 9.18. The van der Waals surface area contributed by atoms with Crippen LogP contribution in [0.15, 0.2) is 60.7 Å². The molecule has 0 saturated heterocycles. The highest BCUT2D eigenvalue weighted by molar-refractivity contribution is 7.90. The lowest BCUT2D eigenvalue weighted by Crippen LogP contribution is -2.42. The Balaban J connectivity index is 2.01. The molecule has 0 aliphatic carbocycles. The molecule has 3 aromatic carbocycles. The number of amides is 1. The second-order valence-corrected chi connectivity index (χ2v) is 9.56. The minimum absolute atomic E-state index is 0.0875. The number of rotatable bonds is 7. The molecule has 3 aromatic rings. The average Bonchev–Trinajstić information content (AvgIpc) is 2.74. The van der Waals surface area contributed by atoms with Crippen molar-refractivity contribution >= 4 is 38.2 Å². The molecule has 0 unspecified atom stereocenters. The van der Waals surface area contributed by atoms with E-state index in [1.807, 2.05) is 42.5 Å². The Labute approximate surface area is 181 Å². The van der Waals surface area contributed by atoms with E-state index in [1.54, 1.807) is 18.2 Å². The lowest BCUT2D eigenvalue weighted by atomic mass is 9.93. The molecule has 31 heavy (non-hydrogen) atoms. The average molecular weight is 441 g/mol. The number of anilines is 1. The highest BCUT2D eigenvalue weighted by atomic mass is 32.2. The van der Waals surface area contributed by atoms with Gasteiger partial charge in [-0.25, -0.2) is 13.2 Å². The van der Waals surface area contributed by atoms with Crippen LogP contribution in [-0.2, 0) is 19.4 Å². The zero-order valence-electron chi connectivity index (χ0n) is 17.3. The number of ether oxygens (including phenoxy) is 1. The van der Waals surface area contributed by atoms with Crippen LogP contribution in [0.25, 0.3) is 21.9 Å². The van der Waals surface area contributed by atoms with Gasteiger partial charge < -0.3 is 15.8 Å². The second-order valence-electron chi connectivity index (χ2n) is 7.30. The first-order valence-electron chi connectivity index (χ1n) is 9.63. The number of benzene rings is 3. The Hall–Kier alpha value is -3.39. The van der Waals surface area contributed by atoms with Crippen molar-refractivity contribution in [1.29, 1.82) is 0 Å². The zero-order chi connectivity index (χ0) is 22.6. The van der Waals surface area contributed by atoms with Crippen molar-refractivity contribution in [2.45, 2.75) is 12.5 Å². The Morgan fingerprint density at radius 3 is 2.45 bits per heavy atom. The van der Waals surface area contributed by atoms with Gasteiger partial charge in [0.05, 0.1) is 12.9 Å². The van der Waals surface area contributed by atoms with Crippen LogP contribution in [0.3, 0.4) is 0 Å². The van der Waals surface area contributed by atoms with Crippen LogP contribution in [0, 0.1) is 0 Å². The first-order valence-corrected chi connectivity index (χ1v) is 11.7. The van der Waals surface area contributed by atoms with Crippen molar-refractivity contribution in [3.63, 3.8) is 0 Å². The van der Waals surface area contributed by atoms with Crippen molar-refractivity contribution in [1.82, 2.24) is 5.32 Å². The summed E-state index contributed by atoms with van der Waals surface area (Å²) in [4.78, 5) is 25.3. The molecule has 8 heteroatoms. The third kappa shape index (κ3) is 5.40. The molecule has 0 aliphatic rings. The molecule has 0 heterocycles. The van der Waals surface area contributed by atoms with Gasteiger partial charge in [-0.1, -0.05) is 42.5 Å². The molecule has 1 amide bonds. The van der Waals surface area contributed by atoms with Crippen molar-refractivity contribution < 1.29 is 22.7 Å². The molecule has 0 aromatic heterocycles. The smallest absolute Gasteiger partial charge is 0.328 e. The molecular weight excluding hydrogens is 416 g/mol. The molecule has 0 radical (unpaired) electrons. The van der Waals surface area contributed by atoms with Crippen molar-refractivity contribution in [3.05, 3.63) is 66.2 Å². The number of sulfone groups is 1. The van der Waals surface area contributed by atoms with Crippen LogP contribution in [-0.4, -0.2) is 45.5 Å². The molecule has 0 spiro atoms. The maximum Gasteiger partial charge on any atom is 0.328 e. The SMILES string of the molecule is COC(=O)[C@H](CCS(C)(=O)=O)NC(=O)c1ccc(N)cc1-c1cccc2ccccc12. The first kappa shape index (κ1) is 22.3. The van der Waals surface area contributed by atoms with Gasteiger partial charge in [0.15, 0.2) is 0 Å². The molecule has 0 fully saturated rings. The minimum Gasteiger partial charge on any atom is -0.467 e. The quantitative estimate of drug-likeness (QED) is 0.431. The predicted molar refractivity (Wildman–Crippen MR) is 121 cm³/mol. The van der Waals surface area contributed by atoms with Gasteiger partial charge in [0.2, 0.25) is 0 Å². The Morgan fingerprint density at radius 2 is 1.74 bits per heavy atom. The van der Waals surface area contributed by atoms with E-state index in [2.05, 4.69) is 5.32 Å².